The van der Waals surface area contributed by atoms with Crippen molar-refractivity contribution < 1.29 is 0 Å². The minimum absolute atomic E-state index is 0.662. The molecule has 0 fully saturated rings. The standard InChI is InChI=1S/C13H20N2/c1-3-15-10-12-7-5-4-6-11(12)8-13(15)9-14-2/h4-7,13-14H,3,8-10H2,1-2H3. The second-order valence-electron chi connectivity index (χ2n) is 4.25. The number of rotatable bonds is 3. The van der Waals surface area contributed by atoms with Crippen LogP contribution in [0.3, 0.4) is 0 Å². The SMILES string of the molecule is CCN1Cc2ccccc2CC1CNC. The van der Waals surface area contributed by atoms with Gasteiger partial charge in [0.2, 0.25) is 0 Å². The van der Waals surface area contributed by atoms with Crippen LogP contribution in [0.15, 0.2) is 24.3 Å². The summed E-state index contributed by atoms with van der Waals surface area (Å²) in [7, 11) is 2.04. The zero-order valence-corrected chi connectivity index (χ0v) is 9.66. The quantitative estimate of drug-likeness (QED) is 0.805. The van der Waals surface area contributed by atoms with Crippen molar-refractivity contribution in [3.8, 4) is 0 Å². The molecule has 0 aliphatic carbocycles. The van der Waals surface area contributed by atoms with Gasteiger partial charge in [-0.25, -0.2) is 0 Å². The van der Waals surface area contributed by atoms with Crippen molar-refractivity contribution in [1.82, 2.24) is 10.2 Å². The molecule has 82 valence electrons. The number of hydrogen-bond donors (Lipinski definition) is 1. The van der Waals surface area contributed by atoms with Crippen molar-refractivity contribution in [2.75, 3.05) is 20.1 Å². The van der Waals surface area contributed by atoms with Gasteiger partial charge in [0.15, 0.2) is 0 Å². The predicted octanol–water partition coefficient (Wildman–Crippen LogP) is 1.65. The summed E-state index contributed by atoms with van der Waals surface area (Å²) in [6.07, 6.45) is 1.19. The molecule has 0 saturated carbocycles. The summed E-state index contributed by atoms with van der Waals surface area (Å²) >= 11 is 0. The Morgan fingerprint density at radius 3 is 2.73 bits per heavy atom. The molecular formula is C13H20N2. The molecule has 0 bridgehead atoms. The molecule has 0 amide bonds. The van der Waals surface area contributed by atoms with Crippen molar-refractivity contribution in [3.63, 3.8) is 0 Å². The third-order valence-electron chi connectivity index (χ3n) is 3.31. The fraction of sp³-hybridized carbons (Fsp3) is 0.538. The lowest BCUT2D eigenvalue weighted by molar-refractivity contribution is 0.179. The number of nitrogens with zero attached hydrogens (tertiary/aromatic N) is 1. The van der Waals surface area contributed by atoms with Crippen LogP contribution in [0.25, 0.3) is 0 Å². The Bertz CT molecular complexity index is 322. The number of likely N-dealkylation sites (N-methyl/N-ethyl adjacent to an activating group) is 2. The van der Waals surface area contributed by atoms with E-state index in [1.165, 1.54) is 17.5 Å². The highest BCUT2D eigenvalue weighted by atomic mass is 15.2. The zero-order chi connectivity index (χ0) is 10.7. The van der Waals surface area contributed by atoms with Gasteiger partial charge >= 0.3 is 0 Å². The van der Waals surface area contributed by atoms with E-state index in [0.29, 0.717) is 6.04 Å². The van der Waals surface area contributed by atoms with Gasteiger partial charge in [0.25, 0.3) is 0 Å². The predicted molar refractivity (Wildman–Crippen MR) is 63.9 cm³/mol. The monoisotopic (exact) mass is 204 g/mol. The van der Waals surface area contributed by atoms with Gasteiger partial charge in [0.05, 0.1) is 0 Å². The maximum Gasteiger partial charge on any atom is 0.0264 e. The Morgan fingerprint density at radius 2 is 2.07 bits per heavy atom. The summed E-state index contributed by atoms with van der Waals surface area (Å²) in [5.74, 6) is 0. The molecule has 2 rings (SSSR count). The zero-order valence-electron chi connectivity index (χ0n) is 9.66. The van der Waals surface area contributed by atoms with E-state index in [-0.39, 0.29) is 0 Å². The maximum atomic E-state index is 3.29. The van der Waals surface area contributed by atoms with E-state index in [2.05, 4.69) is 41.4 Å². The highest BCUT2D eigenvalue weighted by Crippen LogP contribution is 2.22. The summed E-state index contributed by atoms with van der Waals surface area (Å²) in [4.78, 5) is 2.55. The van der Waals surface area contributed by atoms with Crippen molar-refractivity contribution in [2.45, 2.75) is 25.9 Å². The Hall–Kier alpha value is -0.860. The van der Waals surface area contributed by atoms with Crippen LogP contribution >= 0.6 is 0 Å². The van der Waals surface area contributed by atoms with Crippen LogP contribution in [-0.4, -0.2) is 31.1 Å². The van der Waals surface area contributed by atoms with Gasteiger partial charge in [-0.05, 0) is 31.1 Å². The topological polar surface area (TPSA) is 15.3 Å². The van der Waals surface area contributed by atoms with Gasteiger partial charge in [-0.15, -0.1) is 0 Å². The first-order valence-electron chi connectivity index (χ1n) is 5.80. The molecule has 1 atom stereocenters. The second-order valence-corrected chi connectivity index (χ2v) is 4.25. The van der Waals surface area contributed by atoms with Crippen LogP contribution in [0.1, 0.15) is 18.1 Å². The van der Waals surface area contributed by atoms with Crippen molar-refractivity contribution in [2.24, 2.45) is 0 Å². The molecule has 0 aromatic heterocycles. The lowest BCUT2D eigenvalue weighted by atomic mass is 9.94. The highest BCUT2D eigenvalue weighted by molar-refractivity contribution is 5.30. The lowest BCUT2D eigenvalue weighted by Gasteiger charge is -2.36. The van der Waals surface area contributed by atoms with E-state index >= 15 is 0 Å². The lowest BCUT2D eigenvalue weighted by Crippen LogP contribution is -2.45. The Labute approximate surface area is 92.3 Å². The Kier molecular flexibility index (Phi) is 3.39. The van der Waals surface area contributed by atoms with Crippen LogP contribution in [0.4, 0.5) is 0 Å². The Balaban J connectivity index is 2.19. The molecule has 1 aromatic rings. The third-order valence-corrected chi connectivity index (χ3v) is 3.31. The molecule has 0 spiro atoms. The number of hydrogen-bond acceptors (Lipinski definition) is 2. The summed E-state index contributed by atoms with van der Waals surface area (Å²) in [6.45, 7) is 5.58. The maximum absolute atomic E-state index is 3.29. The van der Waals surface area contributed by atoms with Gasteiger partial charge < -0.3 is 5.32 Å². The number of nitrogens with one attached hydrogen (secondary N) is 1. The van der Waals surface area contributed by atoms with E-state index in [0.717, 1.165) is 19.6 Å². The first kappa shape index (κ1) is 10.7. The Morgan fingerprint density at radius 1 is 1.33 bits per heavy atom. The largest absolute Gasteiger partial charge is 0.318 e. The molecular weight excluding hydrogens is 184 g/mol. The first-order chi connectivity index (χ1) is 7.35. The number of fused-ring (bicyclic) bond motifs is 1. The van der Waals surface area contributed by atoms with E-state index in [1.54, 1.807) is 0 Å². The molecule has 2 heteroatoms. The molecule has 0 radical (unpaired) electrons. The molecule has 0 saturated heterocycles. The van der Waals surface area contributed by atoms with E-state index < -0.39 is 0 Å². The van der Waals surface area contributed by atoms with Crippen LogP contribution < -0.4 is 5.32 Å². The van der Waals surface area contributed by atoms with Crippen molar-refractivity contribution in [1.29, 1.82) is 0 Å². The second kappa shape index (κ2) is 4.77. The average Bonchev–Trinajstić information content (AvgIpc) is 2.28. The molecule has 1 aliphatic heterocycles. The van der Waals surface area contributed by atoms with Gasteiger partial charge in [-0.1, -0.05) is 31.2 Å². The fourth-order valence-corrected chi connectivity index (χ4v) is 2.45. The van der Waals surface area contributed by atoms with Crippen molar-refractivity contribution >= 4 is 0 Å². The fourth-order valence-electron chi connectivity index (χ4n) is 2.45. The smallest absolute Gasteiger partial charge is 0.0264 e. The summed E-state index contributed by atoms with van der Waals surface area (Å²) in [6, 6.07) is 9.48. The average molecular weight is 204 g/mol. The summed E-state index contributed by atoms with van der Waals surface area (Å²) < 4.78 is 0. The van der Waals surface area contributed by atoms with Gasteiger partial charge in [-0.3, -0.25) is 4.90 Å². The van der Waals surface area contributed by atoms with Gasteiger partial charge in [-0.2, -0.15) is 0 Å². The number of benzene rings is 1. The molecule has 1 unspecified atom stereocenters. The van der Waals surface area contributed by atoms with E-state index in [9.17, 15) is 0 Å². The van der Waals surface area contributed by atoms with Gasteiger partial charge in [0, 0.05) is 19.1 Å². The minimum Gasteiger partial charge on any atom is -0.318 e. The molecule has 2 nitrogen and oxygen atoms in total. The van der Waals surface area contributed by atoms with Crippen LogP contribution in [0.5, 0.6) is 0 Å². The molecule has 1 heterocycles. The van der Waals surface area contributed by atoms with Crippen LogP contribution in [0, 0.1) is 0 Å². The van der Waals surface area contributed by atoms with Crippen LogP contribution in [0.2, 0.25) is 0 Å². The summed E-state index contributed by atoms with van der Waals surface area (Å²) in [5.41, 5.74) is 3.04. The summed E-state index contributed by atoms with van der Waals surface area (Å²) in [5, 5.41) is 3.29. The van der Waals surface area contributed by atoms with E-state index in [1.807, 2.05) is 7.05 Å². The van der Waals surface area contributed by atoms with Crippen molar-refractivity contribution in [3.05, 3.63) is 35.4 Å². The van der Waals surface area contributed by atoms with E-state index in [4.69, 9.17) is 0 Å². The van der Waals surface area contributed by atoms with Crippen LogP contribution in [-0.2, 0) is 13.0 Å². The molecule has 1 N–H and O–H groups in total. The minimum atomic E-state index is 0.662. The molecule has 1 aromatic carbocycles. The third kappa shape index (κ3) is 2.21. The van der Waals surface area contributed by atoms with Gasteiger partial charge in [0.1, 0.15) is 0 Å². The first-order valence-corrected chi connectivity index (χ1v) is 5.80. The highest BCUT2D eigenvalue weighted by Gasteiger charge is 2.23. The molecule has 1 aliphatic rings. The molecule has 15 heavy (non-hydrogen) atoms. The normalized spacial score (nSPS) is 21.3.